The summed E-state index contributed by atoms with van der Waals surface area (Å²) in [5.41, 5.74) is 2.39. The molecule has 3 aromatic rings. The Balaban J connectivity index is 1.21. The summed E-state index contributed by atoms with van der Waals surface area (Å²) in [6.07, 6.45) is 9.49. The number of hydrogen-bond acceptors (Lipinski definition) is 7. The second kappa shape index (κ2) is 11.9. The molecule has 2 atom stereocenters. The first-order valence-electron chi connectivity index (χ1n) is 11.6. The first-order valence-corrected chi connectivity index (χ1v) is 12.4. The number of rotatable bonds is 12. The summed E-state index contributed by atoms with van der Waals surface area (Å²) < 4.78 is 0. The molecule has 1 aliphatic rings. The zero-order valence-electron chi connectivity index (χ0n) is 18.9. The fourth-order valence-electron chi connectivity index (χ4n) is 4.17. The molecule has 1 aliphatic carbocycles. The lowest BCUT2D eigenvalue weighted by atomic mass is 9.92. The number of imidazole rings is 1. The number of carbonyl (C=O) groups is 2. The molecule has 0 fully saturated rings. The van der Waals surface area contributed by atoms with Gasteiger partial charge in [0.25, 0.3) is 5.91 Å². The standard InChI is InChI=1S/C24H30N6O3S/c31-23(20-9-8-17(34-20)14-25-15-21-27-12-13-28-21)30-19(24(32)33)7-3-10-26-18-6-1-4-16-5-2-11-29-22(16)18/h2,5,8-9,11-13,18-19,25-26H,1,3-4,6-7,10,14-15H2,(H,27,28)(H,30,31)(H,32,33)/t18?,19-/m0/s1. The first kappa shape index (κ1) is 24.1. The number of nitrogens with one attached hydrogen (secondary N) is 4. The van der Waals surface area contributed by atoms with Crippen LogP contribution in [0.2, 0.25) is 0 Å². The van der Waals surface area contributed by atoms with Crippen molar-refractivity contribution >= 4 is 23.2 Å². The number of aromatic amines is 1. The van der Waals surface area contributed by atoms with E-state index in [-0.39, 0.29) is 11.9 Å². The minimum absolute atomic E-state index is 0.203. The fraction of sp³-hybridized carbons (Fsp3) is 0.417. The van der Waals surface area contributed by atoms with E-state index in [2.05, 4.69) is 37.0 Å². The topological polar surface area (TPSA) is 132 Å². The highest BCUT2D eigenvalue weighted by Gasteiger charge is 2.23. The van der Waals surface area contributed by atoms with Gasteiger partial charge in [0.15, 0.2) is 0 Å². The van der Waals surface area contributed by atoms with E-state index in [0.717, 1.165) is 35.7 Å². The van der Waals surface area contributed by atoms with E-state index in [9.17, 15) is 14.7 Å². The number of H-pyrrole nitrogens is 1. The van der Waals surface area contributed by atoms with Gasteiger partial charge < -0.3 is 26.0 Å². The molecule has 5 N–H and O–H groups in total. The normalized spacial score (nSPS) is 16.1. The second-order valence-electron chi connectivity index (χ2n) is 8.36. The molecule has 0 aromatic carbocycles. The lowest BCUT2D eigenvalue weighted by Crippen LogP contribution is -2.41. The van der Waals surface area contributed by atoms with Crippen LogP contribution < -0.4 is 16.0 Å². The van der Waals surface area contributed by atoms with Crippen molar-refractivity contribution in [2.75, 3.05) is 6.54 Å². The molecular weight excluding hydrogens is 452 g/mol. The van der Waals surface area contributed by atoms with Crippen molar-refractivity contribution in [1.29, 1.82) is 0 Å². The largest absolute Gasteiger partial charge is 0.480 e. The van der Waals surface area contributed by atoms with E-state index in [1.807, 2.05) is 18.3 Å². The van der Waals surface area contributed by atoms with Gasteiger partial charge in [0, 0.05) is 36.1 Å². The smallest absolute Gasteiger partial charge is 0.326 e. The monoisotopic (exact) mass is 482 g/mol. The van der Waals surface area contributed by atoms with E-state index in [4.69, 9.17) is 0 Å². The van der Waals surface area contributed by atoms with E-state index >= 15 is 0 Å². The van der Waals surface area contributed by atoms with Gasteiger partial charge >= 0.3 is 5.97 Å². The summed E-state index contributed by atoms with van der Waals surface area (Å²) in [4.78, 5) is 37.6. The van der Waals surface area contributed by atoms with Crippen LogP contribution in [0.4, 0.5) is 0 Å². The van der Waals surface area contributed by atoms with Crippen LogP contribution in [0.15, 0.2) is 42.9 Å². The second-order valence-corrected chi connectivity index (χ2v) is 9.53. The quantitative estimate of drug-likeness (QED) is 0.251. The number of hydrogen-bond donors (Lipinski definition) is 5. The predicted molar refractivity (Wildman–Crippen MR) is 129 cm³/mol. The molecule has 180 valence electrons. The number of carboxylic acids is 1. The third kappa shape index (κ3) is 6.49. The Morgan fingerprint density at radius 3 is 2.94 bits per heavy atom. The molecule has 0 saturated carbocycles. The van der Waals surface area contributed by atoms with Crippen molar-refractivity contribution in [2.24, 2.45) is 0 Å². The van der Waals surface area contributed by atoms with E-state index in [0.29, 0.717) is 37.4 Å². The third-order valence-corrected chi connectivity index (χ3v) is 6.97. The molecule has 3 aromatic heterocycles. The molecule has 0 spiro atoms. The van der Waals surface area contributed by atoms with Crippen LogP contribution in [0.1, 0.15) is 63.4 Å². The molecule has 1 unspecified atom stereocenters. The van der Waals surface area contributed by atoms with Crippen molar-refractivity contribution < 1.29 is 14.7 Å². The fourth-order valence-corrected chi connectivity index (χ4v) is 5.05. The van der Waals surface area contributed by atoms with E-state index in [1.165, 1.54) is 16.9 Å². The number of aryl methyl sites for hydroxylation is 1. The SMILES string of the molecule is O=C(N[C@@H](CCCNC1CCCc2cccnc21)C(=O)O)c1ccc(CNCc2ncc[nH]2)s1. The summed E-state index contributed by atoms with van der Waals surface area (Å²) in [6.45, 7) is 1.88. The highest BCUT2D eigenvalue weighted by atomic mass is 32.1. The number of aliphatic carboxylic acids is 1. The number of fused-ring (bicyclic) bond motifs is 1. The lowest BCUT2D eigenvalue weighted by molar-refractivity contribution is -0.139. The molecular formula is C24H30N6O3S. The van der Waals surface area contributed by atoms with Crippen LogP contribution in [-0.4, -0.2) is 44.5 Å². The Bertz CT molecular complexity index is 1080. The van der Waals surface area contributed by atoms with Crippen molar-refractivity contribution in [3.05, 3.63) is 69.7 Å². The maximum absolute atomic E-state index is 12.6. The van der Waals surface area contributed by atoms with Crippen molar-refractivity contribution in [3.63, 3.8) is 0 Å². The number of carbonyl (C=O) groups excluding carboxylic acids is 1. The zero-order chi connectivity index (χ0) is 23.8. The van der Waals surface area contributed by atoms with Gasteiger partial charge in [0.1, 0.15) is 11.9 Å². The molecule has 9 nitrogen and oxygen atoms in total. The summed E-state index contributed by atoms with van der Waals surface area (Å²) >= 11 is 1.36. The molecule has 4 rings (SSSR count). The Kier molecular flexibility index (Phi) is 8.40. The van der Waals surface area contributed by atoms with E-state index in [1.54, 1.807) is 18.5 Å². The Labute approximate surface area is 202 Å². The highest BCUT2D eigenvalue weighted by molar-refractivity contribution is 7.14. The molecule has 0 saturated heterocycles. The Morgan fingerprint density at radius 1 is 1.21 bits per heavy atom. The van der Waals surface area contributed by atoms with Crippen molar-refractivity contribution in [2.45, 2.75) is 57.3 Å². The van der Waals surface area contributed by atoms with Crippen molar-refractivity contribution in [1.82, 2.24) is 30.9 Å². The van der Waals surface area contributed by atoms with Crippen molar-refractivity contribution in [3.8, 4) is 0 Å². The van der Waals surface area contributed by atoms with Crippen LogP contribution in [0.25, 0.3) is 0 Å². The molecule has 10 heteroatoms. The summed E-state index contributed by atoms with van der Waals surface area (Å²) in [5, 5.41) is 19.0. The first-order chi connectivity index (χ1) is 16.6. The average Bonchev–Trinajstić information content (AvgIpc) is 3.53. The number of thiophene rings is 1. The summed E-state index contributed by atoms with van der Waals surface area (Å²) in [5.74, 6) is -0.528. The average molecular weight is 483 g/mol. The number of carboxylic acid groups (broad SMARTS) is 1. The Hall–Kier alpha value is -3.08. The maximum Gasteiger partial charge on any atom is 0.326 e. The highest BCUT2D eigenvalue weighted by Crippen LogP contribution is 2.27. The zero-order valence-corrected chi connectivity index (χ0v) is 19.7. The van der Waals surface area contributed by atoms with Crippen LogP contribution >= 0.6 is 11.3 Å². The van der Waals surface area contributed by atoms with Gasteiger partial charge in [-0.25, -0.2) is 9.78 Å². The molecule has 34 heavy (non-hydrogen) atoms. The van der Waals surface area contributed by atoms with Gasteiger partial charge in [-0.2, -0.15) is 0 Å². The van der Waals surface area contributed by atoms with Gasteiger partial charge in [-0.05, 0) is 62.4 Å². The number of aromatic nitrogens is 3. The van der Waals surface area contributed by atoms with Crippen LogP contribution in [0.3, 0.4) is 0 Å². The molecule has 0 bridgehead atoms. The van der Waals surface area contributed by atoms with Gasteiger partial charge in [-0.1, -0.05) is 6.07 Å². The van der Waals surface area contributed by atoms with E-state index < -0.39 is 12.0 Å². The van der Waals surface area contributed by atoms with Crippen LogP contribution in [0.5, 0.6) is 0 Å². The Morgan fingerprint density at radius 2 is 2.12 bits per heavy atom. The van der Waals surface area contributed by atoms with Crippen LogP contribution in [-0.2, 0) is 24.3 Å². The van der Waals surface area contributed by atoms with Gasteiger partial charge in [-0.3, -0.25) is 9.78 Å². The summed E-state index contributed by atoms with van der Waals surface area (Å²) in [7, 11) is 0. The third-order valence-electron chi connectivity index (χ3n) is 5.89. The predicted octanol–water partition coefficient (Wildman–Crippen LogP) is 2.79. The minimum atomic E-state index is -1.02. The van der Waals surface area contributed by atoms with Crippen LogP contribution in [0, 0.1) is 0 Å². The number of pyridine rings is 1. The molecule has 1 amide bonds. The molecule has 3 heterocycles. The van der Waals surface area contributed by atoms with Gasteiger partial charge in [0.05, 0.1) is 17.1 Å². The lowest BCUT2D eigenvalue weighted by Gasteiger charge is -2.25. The maximum atomic E-state index is 12.6. The van der Waals surface area contributed by atoms with Gasteiger partial charge in [0.2, 0.25) is 0 Å². The molecule has 0 radical (unpaired) electrons. The summed E-state index contributed by atoms with van der Waals surface area (Å²) in [6, 6.07) is 6.98. The molecule has 0 aliphatic heterocycles. The number of amides is 1. The van der Waals surface area contributed by atoms with Gasteiger partial charge in [-0.15, -0.1) is 11.3 Å². The number of nitrogens with zero attached hydrogens (tertiary/aromatic N) is 2. The minimum Gasteiger partial charge on any atom is -0.480 e.